The van der Waals surface area contributed by atoms with Gasteiger partial charge in [0.15, 0.2) is 0 Å². The number of rotatable bonds is 6. The van der Waals surface area contributed by atoms with Crippen LogP contribution in [-0.2, 0) is 10.0 Å². The molecule has 0 saturated heterocycles. The molecule has 0 bridgehead atoms. The van der Waals surface area contributed by atoms with E-state index >= 15 is 0 Å². The molecule has 102 valence electrons. The van der Waals surface area contributed by atoms with Crippen molar-refractivity contribution in [3.05, 3.63) is 30.1 Å². The Bertz CT molecular complexity index is 481. The van der Waals surface area contributed by atoms with Crippen LogP contribution in [0.1, 0.15) is 26.7 Å². The Balaban J connectivity index is 2.80. The largest absolute Gasteiger partial charge is 0.324 e. The number of nitrogens with two attached hydrogens (primary N) is 1. The zero-order valence-corrected chi connectivity index (χ0v) is 11.4. The van der Waals surface area contributed by atoms with Crippen LogP contribution in [-0.4, -0.2) is 20.5 Å². The number of benzene rings is 1. The molecule has 0 aromatic heterocycles. The second-order valence-corrected chi connectivity index (χ2v) is 6.11. The number of halogens is 1. The SMILES string of the molecule is CCC(N)(CC)CNS(=O)(=O)c1ccc(F)cc1. The van der Waals surface area contributed by atoms with Gasteiger partial charge in [0.2, 0.25) is 10.0 Å². The first-order chi connectivity index (χ1) is 8.33. The quantitative estimate of drug-likeness (QED) is 0.828. The molecule has 0 amide bonds. The van der Waals surface area contributed by atoms with Crippen LogP contribution in [0.5, 0.6) is 0 Å². The summed E-state index contributed by atoms with van der Waals surface area (Å²) in [5, 5.41) is 0. The van der Waals surface area contributed by atoms with E-state index in [0.29, 0.717) is 12.8 Å². The molecule has 4 nitrogen and oxygen atoms in total. The van der Waals surface area contributed by atoms with E-state index in [1.807, 2.05) is 13.8 Å². The summed E-state index contributed by atoms with van der Waals surface area (Å²) in [4.78, 5) is 0.0402. The van der Waals surface area contributed by atoms with Crippen LogP contribution in [0.25, 0.3) is 0 Å². The summed E-state index contributed by atoms with van der Waals surface area (Å²) in [7, 11) is -3.63. The summed E-state index contributed by atoms with van der Waals surface area (Å²) >= 11 is 0. The van der Waals surface area contributed by atoms with Gasteiger partial charge in [-0.05, 0) is 37.1 Å². The van der Waals surface area contributed by atoms with Crippen molar-refractivity contribution >= 4 is 10.0 Å². The molecule has 0 atom stereocenters. The van der Waals surface area contributed by atoms with Gasteiger partial charge >= 0.3 is 0 Å². The monoisotopic (exact) mass is 274 g/mol. The van der Waals surface area contributed by atoms with Crippen molar-refractivity contribution in [3.63, 3.8) is 0 Å². The van der Waals surface area contributed by atoms with E-state index in [4.69, 9.17) is 5.73 Å². The molecular weight excluding hydrogens is 255 g/mol. The summed E-state index contributed by atoms with van der Waals surface area (Å²) in [6, 6.07) is 4.69. The maximum absolute atomic E-state index is 12.7. The van der Waals surface area contributed by atoms with Crippen molar-refractivity contribution in [2.24, 2.45) is 5.73 Å². The van der Waals surface area contributed by atoms with Gasteiger partial charge in [0.25, 0.3) is 0 Å². The molecule has 3 N–H and O–H groups in total. The van der Waals surface area contributed by atoms with E-state index in [1.165, 1.54) is 12.1 Å². The van der Waals surface area contributed by atoms with E-state index < -0.39 is 21.4 Å². The topological polar surface area (TPSA) is 72.2 Å². The summed E-state index contributed by atoms with van der Waals surface area (Å²) in [5.74, 6) is -0.468. The molecule has 18 heavy (non-hydrogen) atoms. The van der Waals surface area contributed by atoms with Crippen molar-refractivity contribution in [2.75, 3.05) is 6.54 Å². The molecule has 0 aliphatic rings. The van der Waals surface area contributed by atoms with Crippen molar-refractivity contribution in [1.82, 2.24) is 4.72 Å². The van der Waals surface area contributed by atoms with Crippen LogP contribution in [0.2, 0.25) is 0 Å². The van der Waals surface area contributed by atoms with Crippen molar-refractivity contribution in [3.8, 4) is 0 Å². The lowest BCUT2D eigenvalue weighted by molar-refractivity contribution is 0.392. The minimum atomic E-state index is -3.63. The van der Waals surface area contributed by atoms with Gasteiger partial charge in [0.1, 0.15) is 5.82 Å². The first-order valence-corrected chi connectivity index (χ1v) is 7.35. The zero-order valence-electron chi connectivity index (χ0n) is 10.6. The van der Waals surface area contributed by atoms with Gasteiger partial charge in [-0.1, -0.05) is 13.8 Å². The van der Waals surface area contributed by atoms with Crippen molar-refractivity contribution < 1.29 is 12.8 Å². The number of nitrogens with one attached hydrogen (secondary N) is 1. The summed E-state index contributed by atoms with van der Waals surface area (Å²) in [6.07, 6.45) is 1.35. The molecule has 0 unspecified atom stereocenters. The Labute approximate surface area is 107 Å². The third-order valence-electron chi connectivity index (χ3n) is 3.15. The van der Waals surface area contributed by atoms with Crippen molar-refractivity contribution in [2.45, 2.75) is 37.1 Å². The van der Waals surface area contributed by atoms with Gasteiger partial charge in [-0.2, -0.15) is 0 Å². The number of sulfonamides is 1. The van der Waals surface area contributed by atoms with Gasteiger partial charge < -0.3 is 5.73 Å². The fourth-order valence-corrected chi connectivity index (χ4v) is 2.57. The second-order valence-electron chi connectivity index (χ2n) is 4.35. The molecule has 0 heterocycles. The van der Waals surface area contributed by atoms with Crippen LogP contribution < -0.4 is 10.5 Å². The third-order valence-corrected chi connectivity index (χ3v) is 4.56. The molecule has 0 saturated carbocycles. The number of hydrogen-bond acceptors (Lipinski definition) is 3. The Kier molecular flexibility index (Phi) is 4.84. The highest BCUT2D eigenvalue weighted by Crippen LogP contribution is 2.13. The molecule has 6 heteroatoms. The minimum absolute atomic E-state index is 0.0402. The van der Waals surface area contributed by atoms with E-state index in [0.717, 1.165) is 12.1 Å². The van der Waals surface area contributed by atoms with Gasteiger partial charge in [0.05, 0.1) is 4.90 Å². The predicted molar refractivity (Wildman–Crippen MR) is 69.1 cm³/mol. The highest BCUT2D eigenvalue weighted by molar-refractivity contribution is 7.89. The van der Waals surface area contributed by atoms with Gasteiger partial charge in [-0.15, -0.1) is 0 Å². The molecular formula is C12H19FN2O2S. The smallest absolute Gasteiger partial charge is 0.240 e. The van der Waals surface area contributed by atoms with Crippen LogP contribution in [0, 0.1) is 5.82 Å². The summed E-state index contributed by atoms with van der Waals surface area (Å²) in [6.45, 7) is 3.99. The lowest BCUT2D eigenvalue weighted by Gasteiger charge is -2.26. The Morgan fingerprint density at radius 3 is 2.17 bits per heavy atom. The second kappa shape index (κ2) is 5.77. The first kappa shape index (κ1) is 15.1. The first-order valence-electron chi connectivity index (χ1n) is 5.87. The van der Waals surface area contributed by atoms with E-state index in [9.17, 15) is 12.8 Å². The lowest BCUT2D eigenvalue weighted by atomic mass is 9.95. The standard InChI is InChI=1S/C12H19FN2O2S/c1-3-12(14,4-2)9-15-18(16,17)11-7-5-10(13)6-8-11/h5-8,15H,3-4,9,14H2,1-2H3. The fraction of sp³-hybridized carbons (Fsp3) is 0.500. The summed E-state index contributed by atoms with van der Waals surface area (Å²) in [5.41, 5.74) is 5.47. The van der Waals surface area contributed by atoms with Crippen LogP contribution in [0.3, 0.4) is 0 Å². The van der Waals surface area contributed by atoms with Crippen LogP contribution in [0.4, 0.5) is 4.39 Å². The lowest BCUT2D eigenvalue weighted by Crippen LogP contribution is -2.49. The average molecular weight is 274 g/mol. The number of hydrogen-bond donors (Lipinski definition) is 2. The zero-order chi connectivity index (χ0) is 13.8. The Morgan fingerprint density at radius 2 is 1.72 bits per heavy atom. The normalized spacial score (nSPS) is 12.7. The molecule has 0 spiro atoms. The molecule has 0 aliphatic carbocycles. The molecule has 1 aromatic carbocycles. The van der Waals surface area contributed by atoms with Gasteiger partial charge in [-0.3, -0.25) is 0 Å². The molecule has 1 rings (SSSR count). The van der Waals surface area contributed by atoms with E-state index in [-0.39, 0.29) is 11.4 Å². The van der Waals surface area contributed by atoms with Crippen molar-refractivity contribution in [1.29, 1.82) is 0 Å². The molecule has 1 aromatic rings. The van der Waals surface area contributed by atoms with E-state index in [2.05, 4.69) is 4.72 Å². The van der Waals surface area contributed by atoms with Crippen LogP contribution >= 0.6 is 0 Å². The molecule has 0 radical (unpaired) electrons. The summed E-state index contributed by atoms with van der Waals surface area (Å²) < 4.78 is 39.1. The minimum Gasteiger partial charge on any atom is -0.324 e. The molecule has 0 fully saturated rings. The Morgan fingerprint density at radius 1 is 1.22 bits per heavy atom. The van der Waals surface area contributed by atoms with Crippen LogP contribution in [0.15, 0.2) is 29.2 Å². The molecule has 0 aliphatic heterocycles. The maximum Gasteiger partial charge on any atom is 0.240 e. The highest BCUT2D eigenvalue weighted by Gasteiger charge is 2.23. The fourth-order valence-electron chi connectivity index (χ4n) is 1.44. The van der Waals surface area contributed by atoms with E-state index in [1.54, 1.807) is 0 Å². The third kappa shape index (κ3) is 3.76. The predicted octanol–water partition coefficient (Wildman–Crippen LogP) is 1.62. The Hall–Kier alpha value is -0.980. The van der Waals surface area contributed by atoms with Gasteiger partial charge in [-0.25, -0.2) is 17.5 Å². The highest BCUT2D eigenvalue weighted by atomic mass is 32.2. The average Bonchev–Trinajstić information content (AvgIpc) is 2.37. The maximum atomic E-state index is 12.7. The van der Waals surface area contributed by atoms with Gasteiger partial charge in [0, 0.05) is 12.1 Å².